The van der Waals surface area contributed by atoms with Crippen LogP contribution in [-0.2, 0) is 6.42 Å². The lowest BCUT2D eigenvalue weighted by Gasteiger charge is -2.32. The van der Waals surface area contributed by atoms with Crippen molar-refractivity contribution in [1.82, 2.24) is 5.32 Å². The highest BCUT2D eigenvalue weighted by Crippen LogP contribution is 2.31. The summed E-state index contributed by atoms with van der Waals surface area (Å²) in [6.07, 6.45) is 3.67. The molecule has 0 heterocycles. The molecule has 1 nitrogen and oxygen atoms in total. The molecule has 18 heavy (non-hydrogen) atoms. The zero-order valence-electron chi connectivity index (χ0n) is 12.8. The number of rotatable bonds is 7. The van der Waals surface area contributed by atoms with Crippen molar-refractivity contribution in [3.63, 3.8) is 0 Å². The van der Waals surface area contributed by atoms with E-state index < -0.39 is 0 Å². The highest BCUT2D eigenvalue weighted by atomic mass is 14.9. The molecule has 1 N–H and O–H groups in total. The van der Waals surface area contributed by atoms with E-state index in [1.807, 2.05) is 0 Å². The molecule has 0 fully saturated rings. The molecule has 0 bridgehead atoms. The molecule has 0 aromatic heterocycles. The van der Waals surface area contributed by atoms with Gasteiger partial charge in [-0.3, -0.25) is 0 Å². The van der Waals surface area contributed by atoms with Crippen LogP contribution in [0.15, 0.2) is 18.2 Å². The zero-order chi connectivity index (χ0) is 13.6. The van der Waals surface area contributed by atoms with E-state index in [9.17, 15) is 0 Å². The van der Waals surface area contributed by atoms with Gasteiger partial charge in [0.2, 0.25) is 0 Å². The summed E-state index contributed by atoms with van der Waals surface area (Å²) in [6, 6.07) is 6.95. The third kappa shape index (κ3) is 4.13. The maximum atomic E-state index is 3.54. The molecule has 0 amide bonds. The lowest BCUT2D eigenvalue weighted by Crippen LogP contribution is -2.35. The predicted octanol–water partition coefficient (Wildman–Crippen LogP) is 4.26. The van der Waals surface area contributed by atoms with Gasteiger partial charge in [0.1, 0.15) is 0 Å². The monoisotopic (exact) mass is 247 g/mol. The van der Waals surface area contributed by atoms with Gasteiger partial charge in [0.05, 0.1) is 0 Å². The average Bonchev–Trinajstić information content (AvgIpc) is 2.33. The first-order chi connectivity index (χ1) is 8.55. The van der Waals surface area contributed by atoms with E-state index in [1.165, 1.54) is 36.0 Å². The van der Waals surface area contributed by atoms with Gasteiger partial charge in [-0.15, -0.1) is 0 Å². The lowest BCUT2D eigenvalue weighted by molar-refractivity contribution is 0.248. The fraction of sp³-hybridized carbons (Fsp3) is 0.647. The Balaban J connectivity index is 2.88. The second-order valence-corrected chi connectivity index (χ2v) is 5.66. The molecule has 0 saturated heterocycles. The van der Waals surface area contributed by atoms with Gasteiger partial charge in [0.15, 0.2) is 0 Å². The van der Waals surface area contributed by atoms with Gasteiger partial charge in [-0.25, -0.2) is 0 Å². The molecule has 1 heteroatoms. The van der Waals surface area contributed by atoms with Crippen molar-refractivity contribution in [3.8, 4) is 0 Å². The van der Waals surface area contributed by atoms with Crippen molar-refractivity contribution in [2.24, 2.45) is 5.41 Å². The summed E-state index contributed by atoms with van der Waals surface area (Å²) in [5.74, 6) is 0. The Hall–Kier alpha value is -0.820. The van der Waals surface area contributed by atoms with Crippen LogP contribution in [0.4, 0.5) is 0 Å². The van der Waals surface area contributed by atoms with Crippen molar-refractivity contribution in [3.05, 3.63) is 34.9 Å². The molecule has 0 atom stereocenters. The maximum absolute atomic E-state index is 3.54. The third-order valence-corrected chi connectivity index (χ3v) is 4.11. The number of hydrogen-bond donors (Lipinski definition) is 1. The Morgan fingerprint density at radius 2 is 1.50 bits per heavy atom. The minimum atomic E-state index is 0.413. The van der Waals surface area contributed by atoms with Crippen molar-refractivity contribution in [1.29, 1.82) is 0 Å². The Bertz CT molecular complexity index is 344. The highest BCUT2D eigenvalue weighted by molar-refractivity contribution is 5.29. The fourth-order valence-electron chi connectivity index (χ4n) is 2.81. The van der Waals surface area contributed by atoms with E-state index in [2.05, 4.69) is 58.1 Å². The fourth-order valence-corrected chi connectivity index (χ4v) is 2.81. The van der Waals surface area contributed by atoms with Crippen LogP contribution in [-0.4, -0.2) is 13.1 Å². The summed E-state index contributed by atoms with van der Waals surface area (Å²) >= 11 is 0. The molecule has 0 radical (unpaired) electrons. The molecule has 0 spiro atoms. The quantitative estimate of drug-likeness (QED) is 0.759. The number of aryl methyl sites for hydroxylation is 2. The Morgan fingerprint density at radius 1 is 0.944 bits per heavy atom. The summed E-state index contributed by atoms with van der Waals surface area (Å²) in [5.41, 5.74) is 4.68. The maximum Gasteiger partial charge on any atom is 0.00107 e. The van der Waals surface area contributed by atoms with Crippen LogP contribution in [0.3, 0.4) is 0 Å². The molecular formula is C17H29N. The van der Waals surface area contributed by atoms with Gasteiger partial charge >= 0.3 is 0 Å². The van der Waals surface area contributed by atoms with Crippen molar-refractivity contribution < 1.29 is 0 Å². The number of hydrogen-bond acceptors (Lipinski definition) is 1. The Kier molecular flexibility index (Phi) is 5.87. The molecule has 1 aromatic carbocycles. The lowest BCUT2D eigenvalue weighted by atomic mass is 9.76. The normalized spacial score (nSPS) is 11.8. The van der Waals surface area contributed by atoms with E-state index >= 15 is 0 Å². The molecular weight excluding hydrogens is 218 g/mol. The van der Waals surface area contributed by atoms with Gasteiger partial charge < -0.3 is 5.32 Å². The minimum Gasteiger partial charge on any atom is -0.316 e. The van der Waals surface area contributed by atoms with Gasteiger partial charge in [0.25, 0.3) is 0 Å². The first-order valence-corrected chi connectivity index (χ1v) is 7.33. The van der Waals surface area contributed by atoms with E-state index in [0.717, 1.165) is 13.1 Å². The Labute approximate surface area is 113 Å². The van der Waals surface area contributed by atoms with Gasteiger partial charge in [0, 0.05) is 6.54 Å². The molecule has 0 unspecified atom stereocenters. The summed E-state index contributed by atoms with van der Waals surface area (Å²) in [4.78, 5) is 0. The van der Waals surface area contributed by atoms with Crippen LogP contribution in [0.1, 0.15) is 50.3 Å². The van der Waals surface area contributed by atoms with Gasteiger partial charge in [-0.05, 0) is 50.6 Å². The number of nitrogens with one attached hydrogen (secondary N) is 1. The molecule has 0 aliphatic carbocycles. The largest absolute Gasteiger partial charge is 0.316 e. The molecule has 1 rings (SSSR count). The van der Waals surface area contributed by atoms with Crippen LogP contribution in [0.25, 0.3) is 0 Å². The van der Waals surface area contributed by atoms with Crippen LogP contribution >= 0.6 is 0 Å². The first kappa shape index (κ1) is 15.2. The summed E-state index contributed by atoms with van der Waals surface area (Å²) < 4.78 is 0. The Morgan fingerprint density at radius 3 is 1.94 bits per heavy atom. The van der Waals surface area contributed by atoms with E-state index in [0.29, 0.717) is 5.41 Å². The van der Waals surface area contributed by atoms with Crippen LogP contribution in [0.5, 0.6) is 0 Å². The van der Waals surface area contributed by atoms with E-state index in [-0.39, 0.29) is 0 Å². The van der Waals surface area contributed by atoms with E-state index in [1.54, 1.807) is 0 Å². The topological polar surface area (TPSA) is 12.0 Å². The molecule has 0 saturated carbocycles. The SMILES string of the molecule is CCNCC(CC)(CC)Cc1cc(C)cc(C)c1. The summed E-state index contributed by atoms with van der Waals surface area (Å²) in [5, 5.41) is 3.54. The molecule has 102 valence electrons. The molecule has 0 aliphatic heterocycles. The van der Waals surface area contributed by atoms with Gasteiger partial charge in [-0.2, -0.15) is 0 Å². The van der Waals surface area contributed by atoms with Crippen LogP contribution < -0.4 is 5.32 Å². The average molecular weight is 247 g/mol. The second kappa shape index (κ2) is 6.94. The third-order valence-electron chi connectivity index (χ3n) is 4.11. The van der Waals surface area contributed by atoms with Gasteiger partial charge in [-0.1, -0.05) is 50.1 Å². The first-order valence-electron chi connectivity index (χ1n) is 7.33. The smallest absolute Gasteiger partial charge is 0.00107 e. The summed E-state index contributed by atoms with van der Waals surface area (Å²) in [6.45, 7) is 13.4. The summed E-state index contributed by atoms with van der Waals surface area (Å²) in [7, 11) is 0. The standard InChI is InChI=1S/C17H29N/c1-6-17(7-2,13-18-8-3)12-16-10-14(4)9-15(5)11-16/h9-11,18H,6-8,12-13H2,1-5H3. The zero-order valence-corrected chi connectivity index (χ0v) is 12.8. The highest BCUT2D eigenvalue weighted by Gasteiger charge is 2.25. The van der Waals surface area contributed by atoms with Crippen molar-refractivity contribution in [2.45, 2.75) is 53.9 Å². The van der Waals surface area contributed by atoms with Crippen LogP contribution in [0.2, 0.25) is 0 Å². The van der Waals surface area contributed by atoms with Crippen molar-refractivity contribution in [2.75, 3.05) is 13.1 Å². The van der Waals surface area contributed by atoms with Crippen molar-refractivity contribution >= 4 is 0 Å². The molecule has 0 aliphatic rings. The molecule has 1 aromatic rings. The van der Waals surface area contributed by atoms with Crippen LogP contribution in [0, 0.1) is 19.3 Å². The second-order valence-electron chi connectivity index (χ2n) is 5.66. The minimum absolute atomic E-state index is 0.413. The van der Waals surface area contributed by atoms with E-state index in [4.69, 9.17) is 0 Å². The predicted molar refractivity (Wildman–Crippen MR) is 81.2 cm³/mol. The number of benzene rings is 1.